The first-order valence-corrected chi connectivity index (χ1v) is 5.98. The molecule has 0 aliphatic carbocycles. The van der Waals surface area contributed by atoms with Gasteiger partial charge in [-0.3, -0.25) is 4.79 Å². The van der Waals surface area contributed by atoms with Gasteiger partial charge >= 0.3 is 5.97 Å². The van der Waals surface area contributed by atoms with Crippen molar-refractivity contribution in [3.63, 3.8) is 0 Å². The number of carboxylic acids is 1. The normalized spacial score (nSPS) is 12.3. The quantitative estimate of drug-likeness (QED) is 0.663. The average Bonchev–Trinajstić information content (AvgIpc) is 2.42. The Kier molecular flexibility index (Phi) is 5.75. The molecule has 1 aromatic carbocycles. The molecular formula is C14H17NO4. The van der Waals surface area contributed by atoms with Gasteiger partial charge in [0.25, 0.3) is 0 Å². The molecule has 0 heterocycles. The van der Waals surface area contributed by atoms with Crippen LogP contribution in [0, 0.1) is 0 Å². The van der Waals surface area contributed by atoms with Crippen LogP contribution in [0.4, 0.5) is 0 Å². The fraction of sp³-hybridized carbons (Fsp3) is 0.286. The van der Waals surface area contributed by atoms with Crippen LogP contribution in [0.2, 0.25) is 0 Å². The molecule has 0 aliphatic rings. The number of rotatable bonds is 6. The zero-order chi connectivity index (χ0) is 14.3. The summed E-state index contributed by atoms with van der Waals surface area (Å²) in [6, 6.07) is 6.41. The number of aryl methyl sites for hydroxylation is 1. The second-order valence-electron chi connectivity index (χ2n) is 4.01. The smallest absolute Gasteiger partial charge is 0.328 e. The summed E-state index contributed by atoms with van der Waals surface area (Å²) in [5.41, 5.74) is 2.05. The van der Waals surface area contributed by atoms with E-state index >= 15 is 0 Å². The van der Waals surface area contributed by atoms with E-state index in [9.17, 15) is 9.59 Å². The average molecular weight is 263 g/mol. The number of nitrogens with one attached hydrogen (secondary N) is 1. The van der Waals surface area contributed by atoms with E-state index in [0.717, 1.165) is 12.0 Å². The maximum Gasteiger partial charge on any atom is 0.328 e. The third kappa shape index (κ3) is 4.93. The molecule has 0 saturated heterocycles. The molecule has 0 unspecified atom stereocenters. The van der Waals surface area contributed by atoms with E-state index in [1.807, 2.05) is 24.3 Å². The van der Waals surface area contributed by atoms with Crippen molar-refractivity contribution in [1.29, 1.82) is 0 Å². The maximum atomic E-state index is 11.4. The summed E-state index contributed by atoms with van der Waals surface area (Å²) in [4.78, 5) is 22.1. The third-order valence-corrected chi connectivity index (χ3v) is 2.61. The molecule has 1 amide bonds. The summed E-state index contributed by atoms with van der Waals surface area (Å²) in [5, 5.41) is 19.6. The van der Waals surface area contributed by atoms with E-state index in [2.05, 4.69) is 12.2 Å². The Balaban J connectivity index is 2.59. The van der Waals surface area contributed by atoms with Crippen molar-refractivity contribution in [3.8, 4) is 0 Å². The number of carbonyl (C=O) groups is 2. The van der Waals surface area contributed by atoms with E-state index in [1.54, 1.807) is 6.08 Å². The number of benzene rings is 1. The highest BCUT2D eigenvalue weighted by atomic mass is 16.4. The molecule has 0 saturated carbocycles. The van der Waals surface area contributed by atoms with Gasteiger partial charge in [-0.1, -0.05) is 31.2 Å². The number of hydrogen-bond acceptors (Lipinski definition) is 3. The second-order valence-corrected chi connectivity index (χ2v) is 4.01. The van der Waals surface area contributed by atoms with Crippen LogP contribution < -0.4 is 5.32 Å². The molecule has 3 N–H and O–H groups in total. The zero-order valence-electron chi connectivity index (χ0n) is 10.7. The summed E-state index contributed by atoms with van der Waals surface area (Å²) in [6.07, 6.45) is 3.78. The molecule has 0 aliphatic heterocycles. The summed E-state index contributed by atoms with van der Waals surface area (Å²) >= 11 is 0. The van der Waals surface area contributed by atoms with Gasteiger partial charge in [-0.05, 0) is 23.6 Å². The summed E-state index contributed by atoms with van der Waals surface area (Å²) in [7, 11) is 0. The molecule has 0 spiro atoms. The van der Waals surface area contributed by atoms with Crippen LogP contribution >= 0.6 is 0 Å². The Morgan fingerprint density at radius 3 is 2.42 bits per heavy atom. The highest BCUT2D eigenvalue weighted by Crippen LogP contribution is 2.06. The van der Waals surface area contributed by atoms with E-state index in [4.69, 9.17) is 10.2 Å². The Hall–Kier alpha value is -2.14. The molecule has 5 nitrogen and oxygen atoms in total. The number of carboxylic acid groups (broad SMARTS) is 1. The van der Waals surface area contributed by atoms with E-state index in [1.165, 1.54) is 11.6 Å². The Morgan fingerprint density at radius 2 is 1.95 bits per heavy atom. The van der Waals surface area contributed by atoms with Crippen molar-refractivity contribution in [2.24, 2.45) is 0 Å². The van der Waals surface area contributed by atoms with E-state index in [0.29, 0.717) is 0 Å². The SMILES string of the molecule is CCc1ccc(/C=C/C(=O)N[C@@H](CO)C(=O)O)cc1. The van der Waals surface area contributed by atoms with Crippen LogP contribution in [0.15, 0.2) is 30.3 Å². The van der Waals surface area contributed by atoms with Gasteiger partial charge in [-0.15, -0.1) is 0 Å². The standard InChI is InChI=1S/C14H17NO4/c1-2-10-3-5-11(6-4-10)7-8-13(17)15-12(9-16)14(18)19/h3-8,12,16H,2,9H2,1H3,(H,15,17)(H,18,19)/b8-7+/t12-/m0/s1. The summed E-state index contributed by atoms with van der Waals surface area (Å²) < 4.78 is 0. The van der Waals surface area contributed by atoms with Crippen molar-refractivity contribution >= 4 is 18.0 Å². The number of amides is 1. The highest BCUT2D eigenvalue weighted by Gasteiger charge is 2.16. The monoisotopic (exact) mass is 263 g/mol. The maximum absolute atomic E-state index is 11.4. The van der Waals surface area contributed by atoms with Gasteiger partial charge in [0.05, 0.1) is 6.61 Å². The van der Waals surface area contributed by atoms with Gasteiger partial charge in [0, 0.05) is 6.08 Å². The van der Waals surface area contributed by atoms with Crippen molar-refractivity contribution in [2.45, 2.75) is 19.4 Å². The second kappa shape index (κ2) is 7.33. The predicted octanol–water partition coefficient (Wildman–Crippen LogP) is 0.824. The van der Waals surface area contributed by atoms with Crippen LogP contribution in [0.3, 0.4) is 0 Å². The van der Waals surface area contributed by atoms with Crippen LogP contribution in [0.5, 0.6) is 0 Å². The zero-order valence-corrected chi connectivity index (χ0v) is 10.7. The minimum absolute atomic E-state index is 0.555. The van der Waals surface area contributed by atoms with Gasteiger partial charge in [-0.25, -0.2) is 4.79 Å². The van der Waals surface area contributed by atoms with Gasteiger partial charge in [0.1, 0.15) is 0 Å². The minimum atomic E-state index is -1.28. The van der Waals surface area contributed by atoms with Gasteiger partial charge < -0.3 is 15.5 Å². The first kappa shape index (κ1) is 14.9. The van der Waals surface area contributed by atoms with Crippen LogP contribution in [-0.2, 0) is 16.0 Å². The third-order valence-electron chi connectivity index (χ3n) is 2.61. The fourth-order valence-electron chi connectivity index (χ4n) is 1.44. The molecule has 0 bridgehead atoms. The van der Waals surface area contributed by atoms with E-state index in [-0.39, 0.29) is 0 Å². The van der Waals surface area contributed by atoms with Crippen LogP contribution in [-0.4, -0.2) is 34.7 Å². The molecule has 1 rings (SSSR count). The summed E-state index contributed by atoms with van der Waals surface area (Å²) in [5.74, 6) is -1.82. The van der Waals surface area contributed by atoms with Crippen molar-refractivity contribution in [1.82, 2.24) is 5.32 Å². The lowest BCUT2D eigenvalue weighted by Gasteiger charge is -2.09. The lowest BCUT2D eigenvalue weighted by molar-refractivity contribution is -0.142. The molecule has 0 fully saturated rings. The number of aliphatic hydroxyl groups excluding tert-OH is 1. The van der Waals surface area contributed by atoms with Crippen LogP contribution in [0.25, 0.3) is 6.08 Å². The van der Waals surface area contributed by atoms with Crippen molar-refractivity contribution in [3.05, 3.63) is 41.5 Å². The Morgan fingerprint density at radius 1 is 1.32 bits per heavy atom. The molecule has 19 heavy (non-hydrogen) atoms. The van der Waals surface area contributed by atoms with E-state index < -0.39 is 24.5 Å². The van der Waals surface area contributed by atoms with Crippen molar-refractivity contribution in [2.75, 3.05) is 6.61 Å². The van der Waals surface area contributed by atoms with Crippen LogP contribution in [0.1, 0.15) is 18.1 Å². The predicted molar refractivity (Wildman–Crippen MR) is 71.5 cm³/mol. The number of aliphatic hydroxyl groups is 1. The summed E-state index contributed by atoms with van der Waals surface area (Å²) in [6.45, 7) is 1.42. The van der Waals surface area contributed by atoms with Gasteiger partial charge in [0.2, 0.25) is 5.91 Å². The topological polar surface area (TPSA) is 86.6 Å². The number of carbonyl (C=O) groups excluding carboxylic acids is 1. The molecule has 102 valence electrons. The lowest BCUT2D eigenvalue weighted by Crippen LogP contribution is -2.42. The molecule has 0 aromatic heterocycles. The van der Waals surface area contributed by atoms with Gasteiger partial charge in [0.15, 0.2) is 6.04 Å². The number of hydrogen-bond donors (Lipinski definition) is 3. The molecule has 0 radical (unpaired) electrons. The minimum Gasteiger partial charge on any atom is -0.480 e. The first-order chi connectivity index (χ1) is 9.06. The molecule has 1 aromatic rings. The first-order valence-electron chi connectivity index (χ1n) is 5.98. The molecule has 5 heteroatoms. The lowest BCUT2D eigenvalue weighted by atomic mass is 10.1. The molecular weight excluding hydrogens is 246 g/mol. The Labute approximate surface area is 111 Å². The largest absolute Gasteiger partial charge is 0.480 e. The Bertz CT molecular complexity index is 465. The van der Waals surface area contributed by atoms with Crippen molar-refractivity contribution < 1.29 is 19.8 Å². The molecule has 1 atom stereocenters. The van der Waals surface area contributed by atoms with Gasteiger partial charge in [-0.2, -0.15) is 0 Å². The fourth-order valence-corrected chi connectivity index (χ4v) is 1.44. The number of aliphatic carboxylic acids is 1. The highest BCUT2D eigenvalue weighted by molar-refractivity contribution is 5.94.